The zero-order chi connectivity index (χ0) is 17.5. The highest BCUT2D eigenvalue weighted by Gasteiger charge is 2.27. The summed E-state index contributed by atoms with van der Waals surface area (Å²) in [7, 11) is -2.88. The molecule has 0 radical (unpaired) electrons. The van der Waals surface area contributed by atoms with Crippen LogP contribution in [-0.2, 0) is 22.9 Å². The first kappa shape index (κ1) is 17.5. The largest absolute Gasteiger partial charge is 0.368 e. The predicted octanol–water partition coefficient (Wildman–Crippen LogP) is 1.51. The molecule has 0 bridgehead atoms. The SMILES string of the molecule is C=C(c1nn2c(c1C)CN(C(C)C)CCC2)N1CCS(=O)(=O)CC1. The smallest absolute Gasteiger partial charge is 0.153 e. The number of rotatable bonds is 3. The van der Waals surface area contributed by atoms with Crippen LogP contribution in [0.3, 0.4) is 0 Å². The van der Waals surface area contributed by atoms with E-state index in [0.29, 0.717) is 19.1 Å². The maximum Gasteiger partial charge on any atom is 0.153 e. The van der Waals surface area contributed by atoms with E-state index < -0.39 is 9.84 Å². The van der Waals surface area contributed by atoms with Gasteiger partial charge in [-0.15, -0.1) is 0 Å². The van der Waals surface area contributed by atoms with E-state index in [-0.39, 0.29) is 11.5 Å². The summed E-state index contributed by atoms with van der Waals surface area (Å²) in [5.74, 6) is 0.416. The number of aromatic nitrogens is 2. The van der Waals surface area contributed by atoms with Crippen LogP contribution in [0.2, 0.25) is 0 Å². The van der Waals surface area contributed by atoms with Gasteiger partial charge in [-0.2, -0.15) is 5.10 Å². The Hall–Kier alpha value is -1.34. The fraction of sp³-hybridized carbons (Fsp3) is 0.706. The van der Waals surface area contributed by atoms with E-state index in [1.807, 2.05) is 0 Å². The molecule has 1 saturated heterocycles. The van der Waals surface area contributed by atoms with Crippen LogP contribution in [0.25, 0.3) is 5.70 Å². The minimum absolute atomic E-state index is 0.208. The van der Waals surface area contributed by atoms with Crippen LogP contribution < -0.4 is 0 Å². The van der Waals surface area contributed by atoms with Crippen LogP contribution in [0.4, 0.5) is 0 Å². The zero-order valence-electron chi connectivity index (χ0n) is 15.0. The van der Waals surface area contributed by atoms with Crippen LogP contribution >= 0.6 is 0 Å². The summed E-state index contributed by atoms with van der Waals surface area (Å²) < 4.78 is 25.4. The van der Waals surface area contributed by atoms with E-state index in [1.54, 1.807) is 0 Å². The van der Waals surface area contributed by atoms with Gasteiger partial charge in [0.25, 0.3) is 0 Å². The second kappa shape index (κ2) is 6.52. The van der Waals surface area contributed by atoms with Gasteiger partial charge in [0.2, 0.25) is 0 Å². The highest BCUT2D eigenvalue weighted by molar-refractivity contribution is 7.91. The molecule has 0 spiro atoms. The molecule has 0 saturated carbocycles. The van der Waals surface area contributed by atoms with Crippen molar-refractivity contribution in [2.75, 3.05) is 31.1 Å². The third-order valence-electron chi connectivity index (χ3n) is 5.22. The molecule has 1 aromatic heterocycles. The minimum atomic E-state index is -2.88. The number of aryl methyl sites for hydroxylation is 1. The summed E-state index contributed by atoms with van der Waals surface area (Å²) in [4.78, 5) is 4.55. The second-order valence-corrected chi connectivity index (χ2v) is 9.45. The Morgan fingerprint density at radius 2 is 1.83 bits per heavy atom. The van der Waals surface area contributed by atoms with Gasteiger partial charge in [0.15, 0.2) is 9.84 Å². The molecule has 7 heteroatoms. The maximum atomic E-state index is 11.6. The molecule has 0 aliphatic carbocycles. The van der Waals surface area contributed by atoms with E-state index in [4.69, 9.17) is 5.10 Å². The van der Waals surface area contributed by atoms with Gasteiger partial charge >= 0.3 is 0 Å². The third-order valence-corrected chi connectivity index (χ3v) is 6.83. The molecule has 0 aromatic carbocycles. The summed E-state index contributed by atoms with van der Waals surface area (Å²) in [5.41, 5.74) is 4.23. The Labute approximate surface area is 145 Å². The Bertz CT molecular complexity index is 722. The van der Waals surface area contributed by atoms with Crippen molar-refractivity contribution in [3.63, 3.8) is 0 Å². The third kappa shape index (κ3) is 3.37. The summed E-state index contributed by atoms with van der Waals surface area (Å²) in [5, 5.41) is 4.81. The summed E-state index contributed by atoms with van der Waals surface area (Å²) in [6.45, 7) is 14.8. The van der Waals surface area contributed by atoms with Gasteiger partial charge in [0, 0.05) is 44.3 Å². The predicted molar refractivity (Wildman–Crippen MR) is 96.4 cm³/mol. The fourth-order valence-corrected chi connectivity index (χ4v) is 4.71. The highest BCUT2D eigenvalue weighted by atomic mass is 32.2. The van der Waals surface area contributed by atoms with Gasteiger partial charge in [-0.25, -0.2) is 8.42 Å². The first-order chi connectivity index (χ1) is 11.3. The van der Waals surface area contributed by atoms with E-state index in [0.717, 1.165) is 37.4 Å². The van der Waals surface area contributed by atoms with Crippen molar-refractivity contribution in [1.29, 1.82) is 0 Å². The highest BCUT2D eigenvalue weighted by Crippen LogP contribution is 2.27. The normalized spacial score (nSPS) is 21.6. The Morgan fingerprint density at radius 1 is 1.17 bits per heavy atom. The second-order valence-electron chi connectivity index (χ2n) is 7.15. The molecule has 1 aromatic rings. The number of fused-ring (bicyclic) bond motifs is 1. The van der Waals surface area contributed by atoms with Crippen molar-refractivity contribution in [3.8, 4) is 0 Å². The molecule has 2 aliphatic heterocycles. The number of hydrogen-bond acceptors (Lipinski definition) is 5. The topological polar surface area (TPSA) is 58.4 Å². The van der Waals surface area contributed by atoms with Crippen molar-refractivity contribution in [3.05, 3.63) is 23.5 Å². The van der Waals surface area contributed by atoms with Gasteiger partial charge in [0.05, 0.1) is 22.9 Å². The van der Waals surface area contributed by atoms with Crippen molar-refractivity contribution in [1.82, 2.24) is 19.6 Å². The zero-order valence-corrected chi connectivity index (χ0v) is 15.8. The van der Waals surface area contributed by atoms with Gasteiger partial charge in [0.1, 0.15) is 5.69 Å². The molecule has 0 amide bonds. The van der Waals surface area contributed by atoms with Crippen LogP contribution in [0, 0.1) is 6.92 Å². The first-order valence-corrected chi connectivity index (χ1v) is 10.6. The standard InChI is InChI=1S/C17H28N4O2S/c1-13(2)20-6-5-7-21-16(12-20)14(3)17(18-21)15(4)19-8-10-24(22,23)11-9-19/h13H,4-12H2,1-3H3. The lowest BCUT2D eigenvalue weighted by Gasteiger charge is -2.29. The Kier molecular flexibility index (Phi) is 4.75. The van der Waals surface area contributed by atoms with Crippen LogP contribution in [-0.4, -0.2) is 65.2 Å². The minimum Gasteiger partial charge on any atom is -0.368 e. The monoisotopic (exact) mass is 352 g/mol. The quantitative estimate of drug-likeness (QED) is 0.825. The van der Waals surface area contributed by atoms with Gasteiger partial charge in [-0.3, -0.25) is 9.58 Å². The van der Waals surface area contributed by atoms with Crippen molar-refractivity contribution in [2.45, 2.75) is 46.3 Å². The lowest BCUT2D eigenvalue weighted by molar-refractivity contribution is 0.216. The van der Waals surface area contributed by atoms with Gasteiger partial charge in [-0.05, 0) is 27.2 Å². The summed E-state index contributed by atoms with van der Waals surface area (Å²) in [6, 6.07) is 0.518. The molecular formula is C17H28N4O2S. The Balaban J connectivity index is 1.83. The number of nitrogens with zero attached hydrogens (tertiary/aromatic N) is 4. The molecular weight excluding hydrogens is 324 g/mol. The van der Waals surface area contributed by atoms with Crippen LogP contribution in [0.1, 0.15) is 37.2 Å². The summed E-state index contributed by atoms with van der Waals surface area (Å²) in [6.07, 6.45) is 1.10. The molecule has 0 N–H and O–H groups in total. The van der Waals surface area contributed by atoms with E-state index in [2.05, 4.69) is 41.8 Å². The lowest BCUT2D eigenvalue weighted by Crippen LogP contribution is -2.39. The van der Waals surface area contributed by atoms with E-state index in [1.165, 1.54) is 11.3 Å². The van der Waals surface area contributed by atoms with Gasteiger partial charge in [-0.1, -0.05) is 6.58 Å². The van der Waals surface area contributed by atoms with Crippen LogP contribution in [0.15, 0.2) is 6.58 Å². The molecule has 134 valence electrons. The van der Waals surface area contributed by atoms with Crippen molar-refractivity contribution >= 4 is 15.5 Å². The molecule has 0 unspecified atom stereocenters. The van der Waals surface area contributed by atoms with E-state index >= 15 is 0 Å². The molecule has 3 rings (SSSR count). The fourth-order valence-electron chi connectivity index (χ4n) is 3.51. The summed E-state index contributed by atoms with van der Waals surface area (Å²) >= 11 is 0. The van der Waals surface area contributed by atoms with Crippen molar-refractivity contribution < 1.29 is 8.42 Å². The molecule has 2 aliphatic rings. The average Bonchev–Trinajstić information content (AvgIpc) is 2.71. The number of hydrogen-bond donors (Lipinski definition) is 0. The molecule has 24 heavy (non-hydrogen) atoms. The van der Waals surface area contributed by atoms with Crippen LogP contribution in [0.5, 0.6) is 0 Å². The lowest BCUT2D eigenvalue weighted by atomic mass is 10.1. The maximum absolute atomic E-state index is 11.6. The first-order valence-electron chi connectivity index (χ1n) is 8.73. The molecule has 6 nitrogen and oxygen atoms in total. The Morgan fingerprint density at radius 3 is 2.46 bits per heavy atom. The molecule has 1 fully saturated rings. The van der Waals surface area contributed by atoms with Crippen molar-refractivity contribution in [2.24, 2.45) is 0 Å². The average molecular weight is 353 g/mol. The molecule has 3 heterocycles. The van der Waals surface area contributed by atoms with Gasteiger partial charge < -0.3 is 4.90 Å². The number of sulfone groups is 1. The molecule has 0 atom stereocenters. The van der Waals surface area contributed by atoms with E-state index in [9.17, 15) is 8.42 Å².